The molecule has 0 unspecified atom stereocenters. The van der Waals surface area contributed by atoms with Gasteiger partial charge in [0, 0.05) is 11.9 Å². The van der Waals surface area contributed by atoms with Crippen molar-refractivity contribution in [1.29, 1.82) is 0 Å². The van der Waals surface area contributed by atoms with Gasteiger partial charge < -0.3 is 15.4 Å². The molecule has 0 aromatic heterocycles. The van der Waals surface area contributed by atoms with E-state index in [-0.39, 0.29) is 24.7 Å². The number of amides is 2. The van der Waals surface area contributed by atoms with Crippen molar-refractivity contribution >= 4 is 29.4 Å². The van der Waals surface area contributed by atoms with Gasteiger partial charge in [-0.05, 0) is 23.3 Å². The maximum atomic E-state index is 12.7. The maximum Gasteiger partial charge on any atom is 0.307 e. The summed E-state index contributed by atoms with van der Waals surface area (Å²) in [6.45, 7) is 1.39. The molecule has 2 aromatic rings. The van der Waals surface area contributed by atoms with Crippen LogP contribution in [0.3, 0.4) is 0 Å². The molecule has 0 saturated carbocycles. The van der Waals surface area contributed by atoms with E-state index in [0.717, 1.165) is 11.1 Å². The van der Waals surface area contributed by atoms with Gasteiger partial charge in [0.05, 0.1) is 32.0 Å². The Bertz CT molecular complexity index is 803. The Labute approximate surface area is 169 Å². The summed E-state index contributed by atoms with van der Waals surface area (Å²) >= 11 is 5.92. The van der Waals surface area contributed by atoms with Gasteiger partial charge in [-0.2, -0.15) is 0 Å². The molecule has 0 aliphatic carbocycles. The number of halogens is 1. The van der Waals surface area contributed by atoms with E-state index in [4.69, 9.17) is 16.3 Å². The highest BCUT2D eigenvalue weighted by Gasteiger charge is 2.22. The highest BCUT2D eigenvalue weighted by Crippen LogP contribution is 2.22. The lowest BCUT2D eigenvalue weighted by atomic mass is 10.0. The van der Waals surface area contributed by atoms with Crippen molar-refractivity contribution < 1.29 is 19.1 Å². The first-order valence-corrected chi connectivity index (χ1v) is 9.20. The van der Waals surface area contributed by atoms with E-state index in [9.17, 15) is 14.4 Å². The molecule has 0 heterocycles. The minimum Gasteiger partial charge on any atom is -0.469 e. The summed E-state index contributed by atoms with van der Waals surface area (Å²) in [5, 5.41) is 6.21. The smallest absolute Gasteiger partial charge is 0.307 e. The number of carbonyl (C=O) groups is 3. The maximum absolute atomic E-state index is 12.7. The summed E-state index contributed by atoms with van der Waals surface area (Å²) in [4.78, 5) is 36.0. The van der Waals surface area contributed by atoms with Crippen molar-refractivity contribution in [2.45, 2.75) is 31.8 Å². The number of hydrogen-bond donors (Lipinski definition) is 2. The standard InChI is InChI=1S/C21H23ClN2O4/c1-14(25)23-18(16-8-10-17(22)11-9-16)12-20(26)24-19(13-21(27)28-2)15-6-4-3-5-7-15/h3-11,18-19H,12-13H2,1-2H3,(H,23,25)(H,24,26)/t18-,19+/m0/s1. The minimum absolute atomic E-state index is 0.0119. The lowest BCUT2D eigenvalue weighted by molar-refractivity contribution is -0.141. The van der Waals surface area contributed by atoms with Crippen LogP contribution in [0.15, 0.2) is 54.6 Å². The van der Waals surface area contributed by atoms with Gasteiger partial charge >= 0.3 is 5.97 Å². The number of hydrogen-bond acceptors (Lipinski definition) is 4. The Morgan fingerprint density at radius 2 is 1.46 bits per heavy atom. The number of nitrogens with one attached hydrogen (secondary N) is 2. The van der Waals surface area contributed by atoms with Crippen LogP contribution in [-0.2, 0) is 19.1 Å². The first kappa shape index (κ1) is 21.4. The fourth-order valence-electron chi connectivity index (χ4n) is 2.82. The number of benzene rings is 2. The van der Waals surface area contributed by atoms with E-state index < -0.39 is 18.1 Å². The average Bonchev–Trinajstić information content (AvgIpc) is 2.67. The van der Waals surface area contributed by atoms with Crippen LogP contribution in [0.1, 0.15) is 43.0 Å². The summed E-state index contributed by atoms with van der Waals surface area (Å²) in [5.41, 5.74) is 1.56. The molecule has 28 heavy (non-hydrogen) atoms. The van der Waals surface area contributed by atoms with E-state index in [2.05, 4.69) is 10.6 Å². The molecule has 0 radical (unpaired) electrons. The fraction of sp³-hybridized carbons (Fsp3) is 0.286. The number of esters is 1. The number of rotatable bonds is 8. The lowest BCUT2D eigenvalue weighted by Crippen LogP contribution is -2.35. The predicted molar refractivity (Wildman–Crippen MR) is 107 cm³/mol. The highest BCUT2D eigenvalue weighted by atomic mass is 35.5. The van der Waals surface area contributed by atoms with E-state index in [1.165, 1.54) is 14.0 Å². The van der Waals surface area contributed by atoms with Gasteiger partial charge in [-0.15, -0.1) is 0 Å². The fourth-order valence-corrected chi connectivity index (χ4v) is 2.94. The Hall–Kier alpha value is -2.86. The third-order valence-corrected chi connectivity index (χ3v) is 4.43. The zero-order valence-corrected chi connectivity index (χ0v) is 16.5. The zero-order chi connectivity index (χ0) is 20.5. The van der Waals surface area contributed by atoms with Crippen molar-refractivity contribution in [3.05, 3.63) is 70.7 Å². The quantitative estimate of drug-likeness (QED) is 0.663. The summed E-state index contributed by atoms with van der Waals surface area (Å²) < 4.78 is 4.74. The summed E-state index contributed by atoms with van der Waals surface area (Å²) in [7, 11) is 1.31. The second-order valence-electron chi connectivity index (χ2n) is 6.32. The molecule has 0 saturated heterocycles. The van der Waals surface area contributed by atoms with Crippen molar-refractivity contribution in [3.8, 4) is 0 Å². The van der Waals surface area contributed by atoms with Crippen LogP contribution < -0.4 is 10.6 Å². The van der Waals surface area contributed by atoms with Crippen molar-refractivity contribution in [2.24, 2.45) is 0 Å². The molecule has 7 heteroatoms. The van der Waals surface area contributed by atoms with Gasteiger partial charge in [-0.25, -0.2) is 0 Å². The number of ether oxygens (including phenoxy) is 1. The molecule has 0 fully saturated rings. The molecular formula is C21H23ClN2O4. The second kappa shape index (κ2) is 10.5. The minimum atomic E-state index is -0.524. The molecule has 0 aliphatic heterocycles. The van der Waals surface area contributed by atoms with Crippen LogP contribution in [0, 0.1) is 0 Å². The Kier molecular flexibility index (Phi) is 8.02. The van der Waals surface area contributed by atoms with E-state index in [1.54, 1.807) is 24.3 Å². The summed E-state index contributed by atoms with van der Waals surface area (Å²) in [6.07, 6.45) is 0.0315. The molecule has 0 bridgehead atoms. The molecule has 6 nitrogen and oxygen atoms in total. The molecular weight excluding hydrogens is 380 g/mol. The highest BCUT2D eigenvalue weighted by molar-refractivity contribution is 6.30. The van der Waals surface area contributed by atoms with Crippen LogP contribution in [0.5, 0.6) is 0 Å². The molecule has 148 valence electrons. The number of carbonyl (C=O) groups excluding carboxylic acids is 3. The van der Waals surface area contributed by atoms with E-state index in [0.29, 0.717) is 5.02 Å². The SMILES string of the molecule is COC(=O)C[C@@H](NC(=O)C[C@H](NC(C)=O)c1ccc(Cl)cc1)c1ccccc1. The van der Waals surface area contributed by atoms with Gasteiger partial charge in [0.15, 0.2) is 0 Å². The van der Waals surface area contributed by atoms with Gasteiger partial charge in [-0.3, -0.25) is 14.4 Å². The molecule has 2 rings (SSSR count). The van der Waals surface area contributed by atoms with Crippen LogP contribution in [0.2, 0.25) is 5.02 Å². The molecule has 0 aliphatic rings. The topological polar surface area (TPSA) is 84.5 Å². The van der Waals surface area contributed by atoms with Crippen molar-refractivity contribution in [1.82, 2.24) is 10.6 Å². The summed E-state index contributed by atoms with van der Waals surface area (Å²) in [5.74, 6) is -0.973. The lowest BCUT2D eigenvalue weighted by Gasteiger charge is -2.22. The predicted octanol–water partition coefficient (Wildman–Crippen LogP) is 3.33. The molecule has 2 aromatic carbocycles. The molecule has 0 spiro atoms. The largest absolute Gasteiger partial charge is 0.469 e. The van der Waals surface area contributed by atoms with E-state index >= 15 is 0 Å². The van der Waals surface area contributed by atoms with Gasteiger partial charge in [0.1, 0.15) is 0 Å². The van der Waals surface area contributed by atoms with Crippen molar-refractivity contribution in [2.75, 3.05) is 7.11 Å². The monoisotopic (exact) mass is 402 g/mol. The third-order valence-electron chi connectivity index (χ3n) is 4.18. The Morgan fingerprint density at radius 1 is 0.893 bits per heavy atom. The van der Waals surface area contributed by atoms with Crippen LogP contribution in [0.4, 0.5) is 0 Å². The van der Waals surface area contributed by atoms with Gasteiger partial charge in [-0.1, -0.05) is 54.1 Å². The van der Waals surface area contributed by atoms with Crippen LogP contribution in [0.25, 0.3) is 0 Å². The van der Waals surface area contributed by atoms with Gasteiger partial charge in [0.2, 0.25) is 11.8 Å². The van der Waals surface area contributed by atoms with Gasteiger partial charge in [0.25, 0.3) is 0 Å². The first-order chi connectivity index (χ1) is 13.4. The average molecular weight is 403 g/mol. The third kappa shape index (κ3) is 6.70. The number of methoxy groups -OCH3 is 1. The Morgan fingerprint density at radius 3 is 2.04 bits per heavy atom. The molecule has 2 N–H and O–H groups in total. The van der Waals surface area contributed by atoms with Crippen LogP contribution >= 0.6 is 11.6 Å². The van der Waals surface area contributed by atoms with Crippen molar-refractivity contribution in [3.63, 3.8) is 0 Å². The Balaban J connectivity index is 2.14. The molecule has 2 atom stereocenters. The second-order valence-corrected chi connectivity index (χ2v) is 6.76. The zero-order valence-electron chi connectivity index (χ0n) is 15.8. The van der Waals surface area contributed by atoms with Crippen LogP contribution in [-0.4, -0.2) is 24.9 Å². The summed E-state index contributed by atoms with van der Waals surface area (Å²) in [6, 6.07) is 15.1. The van der Waals surface area contributed by atoms with E-state index in [1.807, 2.05) is 30.3 Å². The normalized spacial score (nSPS) is 12.5. The molecule has 2 amide bonds. The first-order valence-electron chi connectivity index (χ1n) is 8.82.